The fourth-order valence-electron chi connectivity index (χ4n) is 0.772. The van der Waals surface area contributed by atoms with Crippen LogP contribution in [0.1, 0.15) is 13.3 Å². The van der Waals surface area contributed by atoms with Gasteiger partial charge in [-0.2, -0.15) is 0 Å². The zero-order valence-electron chi connectivity index (χ0n) is 8.89. The molecular formula is C12H15BO2. The number of aliphatic hydroxyl groups is 1. The van der Waals surface area contributed by atoms with Crippen molar-refractivity contribution in [3.63, 3.8) is 0 Å². The normalized spacial score (nSPS) is 13.7. The van der Waals surface area contributed by atoms with Crippen LogP contribution in [0.15, 0.2) is 60.7 Å². The van der Waals surface area contributed by atoms with Gasteiger partial charge in [-0.1, -0.05) is 37.8 Å². The summed E-state index contributed by atoms with van der Waals surface area (Å²) in [6.45, 7) is 5.47. The Kier molecular flexibility index (Phi) is 7.97. The maximum absolute atomic E-state index is 9.29. The van der Waals surface area contributed by atoms with Crippen LogP contribution in [0, 0.1) is 0 Å². The lowest BCUT2D eigenvalue weighted by atomic mass is 10.1. The highest BCUT2D eigenvalue weighted by Gasteiger charge is 1.96. The molecule has 0 saturated carbocycles. The van der Waals surface area contributed by atoms with Gasteiger partial charge in [0.1, 0.15) is 13.6 Å². The molecule has 0 amide bonds. The number of ether oxygens (including phenoxy) is 1. The van der Waals surface area contributed by atoms with Crippen LogP contribution in [-0.4, -0.2) is 13.0 Å². The van der Waals surface area contributed by atoms with Crippen molar-refractivity contribution >= 4 is 7.85 Å². The minimum atomic E-state index is -0.184. The highest BCUT2D eigenvalue weighted by Crippen LogP contribution is 2.08. The SMILES string of the molecule is [B]/C=C\C=C(/O)O/C(=C/C=C\C=C)CC. The van der Waals surface area contributed by atoms with Crippen LogP contribution in [-0.2, 0) is 4.74 Å². The molecule has 2 radical (unpaired) electrons. The predicted molar refractivity (Wildman–Crippen MR) is 64.4 cm³/mol. The second kappa shape index (κ2) is 8.94. The molecule has 0 bridgehead atoms. The van der Waals surface area contributed by atoms with Crippen LogP contribution < -0.4 is 0 Å². The summed E-state index contributed by atoms with van der Waals surface area (Å²) >= 11 is 0. The van der Waals surface area contributed by atoms with Crippen LogP contribution in [0.5, 0.6) is 0 Å². The Morgan fingerprint density at radius 1 is 1.33 bits per heavy atom. The Hall–Kier alpha value is -1.64. The van der Waals surface area contributed by atoms with E-state index in [4.69, 9.17) is 12.6 Å². The lowest BCUT2D eigenvalue weighted by molar-refractivity contribution is 0.142. The van der Waals surface area contributed by atoms with Crippen LogP contribution >= 0.6 is 0 Å². The molecule has 78 valence electrons. The predicted octanol–water partition coefficient (Wildman–Crippen LogP) is 3.12. The van der Waals surface area contributed by atoms with Crippen molar-refractivity contribution < 1.29 is 9.84 Å². The molecule has 0 aromatic heterocycles. The van der Waals surface area contributed by atoms with Gasteiger partial charge in [0.15, 0.2) is 0 Å². The molecule has 15 heavy (non-hydrogen) atoms. The fourth-order valence-corrected chi connectivity index (χ4v) is 0.772. The molecule has 0 aliphatic carbocycles. The van der Waals surface area contributed by atoms with E-state index >= 15 is 0 Å². The molecule has 3 heteroatoms. The first-order chi connectivity index (χ1) is 7.24. The lowest BCUT2D eigenvalue weighted by Crippen LogP contribution is -1.90. The number of allylic oxidation sites excluding steroid dienone is 7. The van der Waals surface area contributed by atoms with Gasteiger partial charge in [0.25, 0.3) is 5.95 Å². The van der Waals surface area contributed by atoms with E-state index < -0.39 is 0 Å². The van der Waals surface area contributed by atoms with Crippen LogP contribution in [0.3, 0.4) is 0 Å². The van der Waals surface area contributed by atoms with E-state index in [9.17, 15) is 5.11 Å². The third-order valence-corrected chi connectivity index (χ3v) is 1.46. The first kappa shape index (κ1) is 13.4. The number of hydrogen-bond donors (Lipinski definition) is 1. The monoisotopic (exact) mass is 202 g/mol. The van der Waals surface area contributed by atoms with E-state index in [0.717, 1.165) is 0 Å². The third-order valence-electron chi connectivity index (χ3n) is 1.46. The first-order valence-electron chi connectivity index (χ1n) is 4.68. The standard InChI is InChI=1S/C12H15BO2/c1-3-5-6-8-11(4-2)15-12(14)9-7-10-13/h3,5-10,14H,1,4H2,2H3/b6-5-,10-7-,11-8+,12-9+. The molecule has 0 aromatic carbocycles. The number of hydrogen-bond acceptors (Lipinski definition) is 2. The molecule has 0 saturated heterocycles. The first-order valence-corrected chi connectivity index (χ1v) is 4.68. The van der Waals surface area contributed by atoms with Crippen molar-refractivity contribution in [3.8, 4) is 0 Å². The number of aliphatic hydroxyl groups excluding tert-OH is 1. The van der Waals surface area contributed by atoms with Crippen LogP contribution in [0.25, 0.3) is 0 Å². The van der Waals surface area contributed by atoms with E-state index in [-0.39, 0.29) is 5.95 Å². The summed E-state index contributed by atoms with van der Waals surface area (Å²) in [7, 11) is 5.11. The van der Waals surface area contributed by atoms with Gasteiger partial charge in [0.05, 0.1) is 0 Å². The molecule has 1 N–H and O–H groups in total. The Balaban J connectivity index is 4.38. The van der Waals surface area contributed by atoms with E-state index in [1.807, 2.05) is 6.92 Å². The van der Waals surface area contributed by atoms with Crippen molar-refractivity contribution in [2.45, 2.75) is 13.3 Å². The molecule has 0 rings (SSSR count). The van der Waals surface area contributed by atoms with Crippen molar-refractivity contribution in [2.75, 3.05) is 0 Å². The summed E-state index contributed by atoms with van der Waals surface area (Å²) < 4.78 is 5.13. The van der Waals surface area contributed by atoms with E-state index in [0.29, 0.717) is 12.2 Å². The highest BCUT2D eigenvalue weighted by atomic mass is 16.6. The van der Waals surface area contributed by atoms with E-state index in [1.54, 1.807) is 24.3 Å². The lowest BCUT2D eigenvalue weighted by Gasteiger charge is -2.04. The number of rotatable bonds is 6. The van der Waals surface area contributed by atoms with Gasteiger partial charge in [-0.3, -0.25) is 0 Å². The summed E-state index contributed by atoms with van der Waals surface area (Å²) in [6, 6.07) is 0. The topological polar surface area (TPSA) is 29.5 Å². The average molecular weight is 202 g/mol. The molecular weight excluding hydrogens is 187 g/mol. The summed E-state index contributed by atoms with van der Waals surface area (Å²) in [5.74, 6) is 1.79. The van der Waals surface area contributed by atoms with Gasteiger partial charge in [-0.05, 0) is 6.08 Å². The van der Waals surface area contributed by atoms with E-state index in [1.165, 1.54) is 18.1 Å². The van der Waals surface area contributed by atoms with Gasteiger partial charge in [-0.25, -0.2) is 0 Å². The van der Waals surface area contributed by atoms with Gasteiger partial charge in [0.2, 0.25) is 0 Å². The molecule has 0 unspecified atom stereocenters. The average Bonchev–Trinajstić information content (AvgIpc) is 2.25. The Morgan fingerprint density at radius 3 is 2.60 bits per heavy atom. The maximum atomic E-state index is 9.29. The zero-order valence-corrected chi connectivity index (χ0v) is 8.89. The minimum absolute atomic E-state index is 0.184. The van der Waals surface area contributed by atoms with Crippen LogP contribution in [0.4, 0.5) is 0 Å². The smallest absolute Gasteiger partial charge is 0.281 e. The maximum Gasteiger partial charge on any atom is 0.281 e. The molecule has 0 aliphatic rings. The van der Waals surface area contributed by atoms with Crippen molar-refractivity contribution in [2.24, 2.45) is 0 Å². The molecule has 0 spiro atoms. The second-order valence-corrected chi connectivity index (χ2v) is 2.60. The second-order valence-electron chi connectivity index (χ2n) is 2.60. The van der Waals surface area contributed by atoms with Gasteiger partial charge in [0, 0.05) is 12.5 Å². The summed E-state index contributed by atoms with van der Waals surface area (Å²) in [5.41, 5.74) is 0. The summed E-state index contributed by atoms with van der Waals surface area (Å²) in [4.78, 5) is 0. The minimum Gasteiger partial charge on any atom is -0.481 e. The van der Waals surface area contributed by atoms with Crippen molar-refractivity contribution in [1.82, 2.24) is 0 Å². The quantitative estimate of drug-likeness (QED) is 0.407. The molecule has 2 nitrogen and oxygen atoms in total. The fraction of sp³-hybridized carbons (Fsp3) is 0.167. The van der Waals surface area contributed by atoms with Crippen molar-refractivity contribution in [3.05, 3.63) is 60.7 Å². The highest BCUT2D eigenvalue weighted by molar-refractivity contribution is 6.17. The molecule has 0 fully saturated rings. The third kappa shape index (κ3) is 7.44. The molecule has 0 aliphatic heterocycles. The molecule has 0 atom stereocenters. The zero-order chi connectivity index (χ0) is 11.5. The van der Waals surface area contributed by atoms with Gasteiger partial charge < -0.3 is 9.84 Å². The summed E-state index contributed by atoms with van der Waals surface area (Å²) in [6.07, 6.45) is 10.5. The Labute approximate surface area is 92.4 Å². The largest absolute Gasteiger partial charge is 0.481 e. The van der Waals surface area contributed by atoms with Gasteiger partial charge in [-0.15, -0.1) is 5.98 Å². The van der Waals surface area contributed by atoms with Gasteiger partial charge >= 0.3 is 0 Å². The molecule has 0 aromatic rings. The summed E-state index contributed by atoms with van der Waals surface area (Å²) in [5, 5.41) is 9.29. The van der Waals surface area contributed by atoms with Crippen LogP contribution in [0.2, 0.25) is 0 Å². The van der Waals surface area contributed by atoms with Crippen molar-refractivity contribution in [1.29, 1.82) is 0 Å². The Morgan fingerprint density at radius 2 is 2.07 bits per heavy atom. The Bertz CT molecular complexity index is 299. The van der Waals surface area contributed by atoms with E-state index in [2.05, 4.69) is 6.58 Å². The molecule has 0 heterocycles.